The van der Waals surface area contributed by atoms with Crippen molar-refractivity contribution in [2.24, 2.45) is 5.28 Å². The molecule has 1 fully saturated rings. The molecular formula is C5H9N3O4. The Balaban J connectivity index is 2.70. The predicted octanol–water partition coefficient (Wildman–Crippen LogP) is -0.198. The molecule has 0 unspecified atom stereocenters. The second-order valence-electron chi connectivity index (χ2n) is 2.50. The third-order valence-electron chi connectivity index (χ3n) is 1.81. The quantitative estimate of drug-likeness (QED) is 0.344. The minimum Gasteiger partial charge on any atom is -0.569 e. The smallest absolute Gasteiger partial charge is 0.332 e. The van der Waals surface area contributed by atoms with E-state index in [0.717, 1.165) is 5.01 Å². The molecule has 1 rings (SSSR count). The van der Waals surface area contributed by atoms with Gasteiger partial charge in [0.25, 0.3) is 0 Å². The maximum absolute atomic E-state index is 10.7. The molecule has 0 aromatic heterocycles. The molecule has 0 saturated carbocycles. The molecule has 7 nitrogen and oxygen atoms in total. The summed E-state index contributed by atoms with van der Waals surface area (Å²) in [4.78, 5) is 10.4. The Morgan fingerprint density at radius 3 is 2.92 bits per heavy atom. The molecule has 1 atom stereocenters. The summed E-state index contributed by atoms with van der Waals surface area (Å²) in [6, 6.07) is -0.863. The molecule has 2 N–H and O–H groups in total. The van der Waals surface area contributed by atoms with Crippen LogP contribution in [0.3, 0.4) is 0 Å². The van der Waals surface area contributed by atoms with E-state index >= 15 is 0 Å². The van der Waals surface area contributed by atoms with Crippen molar-refractivity contribution >= 4 is 5.97 Å². The van der Waals surface area contributed by atoms with Crippen LogP contribution in [0.5, 0.6) is 0 Å². The highest BCUT2D eigenvalue weighted by Crippen LogP contribution is 2.16. The van der Waals surface area contributed by atoms with Gasteiger partial charge in [-0.05, 0) is 12.8 Å². The molecule has 0 bridgehead atoms. The molecule has 1 aliphatic heterocycles. The normalized spacial score (nSPS) is 24.5. The fourth-order valence-corrected chi connectivity index (χ4v) is 1.26. The Labute approximate surface area is 68.0 Å². The Hall–Kier alpha value is -1.53. The van der Waals surface area contributed by atoms with Crippen LogP contribution < -0.4 is 0 Å². The third kappa shape index (κ3) is 1.39. The van der Waals surface area contributed by atoms with Crippen LogP contribution in [0, 0.1) is 5.21 Å². The first kappa shape index (κ1) is 8.57. The van der Waals surface area contributed by atoms with Gasteiger partial charge in [-0.25, -0.2) is 4.79 Å². The fraction of sp³-hybridized carbons (Fsp3) is 0.800. The molecule has 1 heterocycles. The van der Waals surface area contributed by atoms with Crippen molar-refractivity contribution in [2.75, 3.05) is 6.54 Å². The first-order chi connectivity index (χ1) is 5.66. The zero-order chi connectivity index (χ0) is 9.14. The van der Waals surface area contributed by atoms with Gasteiger partial charge in [-0.1, -0.05) is 0 Å². The van der Waals surface area contributed by atoms with Crippen LogP contribution >= 0.6 is 0 Å². The van der Waals surface area contributed by atoms with Gasteiger partial charge >= 0.3 is 5.97 Å². The van der Waals surface area contributed by atoms with Gasteiger partial charge in [0, 0.05) is 0 Å². The summed E-state index contributed by atoms with van der Waals surface area (Å²) in [6.07, 6.45) is 1.02. The summed E-state index contributed by atoms with van der Waals surface area (Å²) >= 11 is 0. The van der Waals surface area contributed by atoms with Crippen molar-refractivity contribution in [3.63, 3.8) is 0 Å². The number of hydrazine groups is 1. The largest absolute Gasteiger partial charge is 0.569 e. The van der Waals surface area contributed by atoms with Crippen LogP contribution in [0.4, 0.5) is 0 Å². The minimum absolute atomic E-state index is 0.0915. The molecular weight excluding hydrogens is 166 g/mol. The first-order valence-electron chi connectivity index (χ1n) is 3.48. The lowest BCUT2D eigenvalue weighted by Crippen LogP contribution is -2.40. The van der Waals surface area contributed by atoms with Crippen LogP contribution in [-0.4, -0.2) is 38.8 Å². The number of carboxylic acids is 1. The van der Waals surface area contributed by atoms with E-state index in [1.165, 1.54) is 0 Å². The van der Waals surface area contributed by atoms with Crippen molar-refractivity contribution in [3.8, 4) is 0 Å². The Morgan fingerprint density at radius 1 is 1.75 bits per heavy atom. The number of nitrogens with zero attached hydrogens (tertiary/aromatic N) is 3. The SMILES string of the molecule is O=C(O)[C@@H]1CCCN1[N+]([O-])=NO. The van der Waals surface area contributed by atoms with E-state index in [2.05, 4.69) is 5.28 Å². The van der Waals surface area contributed by atoms with Gasteiger partial charge in [-0.3, -0.25) is 0 Å². The van der Waals surface area contributed by atoms with Gasteiger partial charge in [-0.15, -0.1) is 5.01 Å². The molecule has 12 heavy (non-hydrogen) atoms. The van der Waals surface area contributed by atoms with Crippen LogP contribution in [0.25, 0.3) is 0 Å². The van der Waals surface area contributed by atoms with E-state index in [4.69, 9.17) is 10.3 Å². The molecule has 0 amide bonds. The molecule has 0 aromatic rings. The molecule has 0 radical (unpaired) electrons. The van der Waals surface area contributed by atoms with Gasteiger partial charge in [0.2, 0.25) is 5.28 Å². The maximum Gasteiger partial charge on any atom is 0.332 e. The van der Waals surface area contributed by atoms with Crippen molar-refractivity contribution in [1.29, 1.82) is 0 Å². The van der Waals surface area contributed by atoms with Crippen molar-refractivity contribution in [2.45, 2.75) is 18.9 Å². The first-order valence-corrected chi connectivity index (χ1v) is 3.48. The highest BCUT2D eigenvalue weighted by Gasteiger charge is 2.36. The highest BCUT2D eigenvalue weighted by atomic mass is 16.6. The predicted molar refractivity (Wildman–Crippen MR) is 35.2 cm³/mol. The average molecular weight is 175 g/mol. The van der Waals surface area contributed by atoms with Crippen molar-refractivity contribution in [3.05, 3.63) is 5.21 Å². The van der Waals surface area contributed by atoms with Gasteiger partial charge in [0.05, 0.1) is 11.5 Å². The van der Waals surface area contributed by atoms with Crippen LogP contribution in [0.15, 0.2) is 5.28 Å². The number of rotatable bonds is 2. The Kier molecular flexibility index (Phi) is 2.32. The average Bonchev–Trinajstić information content (AvgIpc) is 2.50. The zero-order valence-electron chi connectivity index (χ0n) is 6.25. The molecule has 0 aromatic carbocycles. The lowest BCUT2D eigenvalue weighted by molar-refractivity contribution is -0.710. The standard InChI is InChI=1S/C5H9N3O4/c9-5(10)4-2-1-3-7(4)8(12)6-11/h4,11H,1-3H2,(H,9,10)/t4-/m0/s1. The molecule has 1 aliphatic rings. The van der Waals surface area contributed by atoms with E-state index in [1.807, 2.05) is 0 Å². The van der Waals surface area contributed by atoms with E-state index in [1.54, 1.807) is 0 Å². The molecule has 0 spiro atoms. The zero-order valence-corrected chi connectivity index (χ0v) is 6.25. The summed E-state index contributed by atoms with van der Waals surface area (Å²) in [6.45, 7) is 0.310. The molecule has 7 heteroatoms. The van der Waals surface area contributed by atoms with E-state index < -0.39 is 12.0 Å². The molecule has 68 valence electrons. The van der Waals surface area contributed by atoms with E-state index in [9.17, 15) is 10.0 Å². The van der Waals surface area contributed by atoms with Crippen LogP contribution in [0.1, 0.15) is 12.8 Å². The van der Waals surface area contributed by atoms with Crippen LogP contribution in [-0.2, 0) is 4.79 Å². The highest BCUT2D eigenvalue weighted by molar-refractivity contribution is 5.73. The summed E-state index contributed by atoms with van der Waals surface area (Å²) in [5.41, 5.74) is 0. The van der Waals surface area contributed by atoms with Crippen molar-refractivity contribution < 1.29 is 20.1 Å². The van der Waals surface area contributed by atoms with Gasteiger partial charge < -0.3 is 15.5 Å². The van der Waals surface area contributed by atoms with Gasteiger partial charge in [0.1, 0.15) is 0 Å². The van der Waals surface area contributed by atoms with Crippen LogP contribution in [0.2, 0.25) is 0 Å². The Bertz CT molecular complexity index is 217. The third-order valence-corrected chi connectivity index (χ3v) is 1.81. The summed E-state index contributed by atoms with van der Waals surface area (Å²) in [7, 11) is 0. The number of carboxylic acid groups (broad SMARTS) is 1. The summed E-state index contributed by atoms with van der Waals surface area (Å²) in [5.74, 6) is -1.07. The monoisotopic (exact) mass is 175 g/mol. The fourth-order valence-electron chi connectivity index (χ4n) is 1.26. The van der Waals surface area contributed by atoms with Gasteiger partial charge in [0.15, 0.2) is 6.04 Å². The minimum atomic E-state index is -1.07. The van der Waals surface area contributed by atoms with E-state index in [-0.39, 0.29) is 4.97 Å². The lowest BCUT2D eigenvalue weighted by atomic mass is 10.2. The second-order valence-corrected chi connectivity index (χ2v) is 2.50. The lowest BCUT2D eigenvalue weighted by Gasteiger charge is -2.15. The second kappa shape index (κ2) is 3.24. The number of carbonyl (C=O) groups is 1. The maximum atomic E-state index is 10.7. The summed E-state index contributed by atoms with van der Waals surface area (Å²) in [5, 5.41) is 30.7. The van der Waals surface area contributed by atoms with E-state index in [0.29, 0.717) is 19.4 Å². The Morgan fingerprint density at radius 2 is 2.42 bits per heavy atom. The van der Waals surface area contributed by atoms with Gasteiger partial charge in [-0.2, -0.15) is 0 Å². The number of hydrogen-bond acceptors (Lipinski definition) is 3. The number of hydrogen-bond donors (Lipinski definition) is 2. The number of aliphatic carboxylic acids is 1. The van der Waals surface area contributed by atoms with Crippen molar-refractivity contribution in [1.82, 2.24) is 5.01 Å². The summed E-state index contributed by atoms with van der Waals surface area (Å²) < 4.78 is 0. The molecule has 0 aliphatic carbocycles. The topological polar surface area (TPSA) is 99.2 Å². The molecule has 1 saturated heterocycles.